The molecule has 9 rings (SSSR count). The Morgan fingerprint density at radius 2 is 0.545 bits per heavy atom. The molecule has 0 bridgehead atoms. The van der Waals surface area contributed by atoms with Crippen molar-refractivity contribution < 1.29 is 0 Å². The summed E-state index contributed by atoms with van der Waals surface area (Å²) >= 11 is 0. The van der Waals surface area contributed by atoms with E-state index in [1.807, 2.05) is 0 Å². The molecule has 0 radical (unpaired) electrons. The van der Waals surface area contributed by atoms with Crippen LogP contribution in [-0.2, 0) is 19.3 Å². The highest BCUT2D eigenvalue weighted by molar-refractivity contribution is 6.52. The van der Waals surface area contributed by atoms with Crippen LogP contribution in [0.25, 0.3) is 33.4 Å². The normalized spacial score (nSPS) is 11.3. The Morgan fingerprint density at radius 3 is 0.800 bits per heavy atom. The van der Waals surface area contributed by atoms with Gasteiger partial charge in [0.15, 0.2) is 0 Å². The Bertz CT molecular complexity index is 2310. The van der Waals surface area contributed by atoms with Crippen LogP contribution in [0.1, 0.15) is 33.8 Å². The molecule has 6 aromatic carbocycles. The third kappa shape index (κ3) is 7.46. The summed E-state index contributed by atoms with van der Waals surface area (Å²) < 4.78 is 6.38. The average molecular weight is 712 g/mol. The van der Waals surface area contributed by atoms with Crippen LogP contribution in [0.3, 0.4) is 0 Å². The fourth-order valence-electron chi connectivity index (χ4n) is 7.60. The molecule has 266 valence electrons. The predicted molar refractivity (Wildman–Crippen MR) is 224 cm³/mol. The minimum Gasteiger partial charge on any atom is -0.402 e. The fraction of sp³-hybridized carbons (Fsp3) is 0.0625. The van der Waals surface area contributed by atoms with Gasteiger partial charge in [-0.15, -0.1) is 0 Å². The van der Waals surface area contributed by atoms with Gasteiger partial charge in [0, 0.05) is 36.0 Å². The first-order chi connectivity index (χ1) is 27.2. The summed E-state index contributed by atoms with van der Waals surface area (Å²) in [5, 5.41) is 16.4. The molecule has 0 amide bonds. The van der Waals surface area contributed by atoms with Gasteiger partial charge >= 0.3 is 7.12 Å². The average Bonchev–Trinajstić information content (AvgIpc) is 3.98. The number of hydrogen-bond donors (Lipinski definition) is 0. The molecule has 6 nitrogen and oxygen atoms in total. The second kappa shape index (κ2) is 15.5. The van der Waals surface area contributed by atoms with Gasteiger partial charge in [-0.2, -0.15) is 0 Å². The monoisotopic (exact) mass is 711 g/mol. The van der Waals surface area contributed by atoms with Gasteiger partial charge in [0.1, 0.15) is 0 Å². The van der Waals surface area contributed by atoms with Crippen LogP contribution >= 0.6 is 0 Å². The topological polar surface area (TPSA) is 53.5 Å². The van der Waals surface area contributed by atoms with E-state index in [9.17, 15) is 0 Å². The molecular formula is C48H40BN6-. The van der Waals surface area contributed by atoms with Crippen molar-refractivity contribution in [3.05, 3.63) is 234 Å². The Balaban J connectivity index is 1.25. The van der Waals surface area contributed by atoms with Crippen LogP contribution in [0.5, 0.6) is 0 Å². The van der Waals surface area contributed by atoms with Gasteiger partial charge in [0.25, 0.3) is 0 Å². The van der Waals surface area contributed by atoms with E-state index in [1.165, 1.54) is 16.7 Å². The third-order valence-electron chi connectivity index (χ3n) is 10.3. The Kier molecular flexibility index (Phi) is 9.56. The van der Waals surface area contributed by atoms with Crippen molar-refractivity contribution in [1.29, 1.82) is 0 Å². The van der Waals surface area contributed by atoms with Crippen LogP contribution in [-0.4, -0.2) is 36.2 Å². The zero-order chi connectivity index (χ0) is 36.8. The Hall–Kier alpha value is -6.99. The summed E-state index contributed by atoms with van der Waals surface area (Å²) in [6.07, 6.45) is 8.71. The smallest absolute Gasteiger partial charge is 0.326 e. The number of benzene rings is 6. The van der Waals surface area contributed by atoms with Crippen molar-refractivity contribution in [2.45, 2.75) is 19.3 Å². The van der Waals surface area contributed by atoms with Gasteiger partial charge in [-0.05, 0) is 52.0 Å². The summed E-state index contributed by atoms with van der Waals surface area (Å²) in [7, 11) is -1.78. The van der Waals surface area contributed by atoms with Gasteiger partial charge in [0.2, 0.25) is 0 Å². The van der Waals surface area contributed by atoms with Crippen LogP contribution in [0.2, 0.25) is 0 Å². The lowest BCUT2D eigenvalue weighted by molar-refractivity contribution is 0.750. The molecular weight excluding hydrogens is 671 g/mol. The second-order valence-electron chi connectivity index (χ2n) is 14.1. The van der Waals surface area contributed by atoms with Gasteiger partial charge in [-0.1, -0.05) is 182 Å². The highest BCUT2D eigenvalue weighted by atomic mass is 15.4. The lowest BCUT2D eigenvalue weighted by atomic mass is 9.94. The SMILES string of the molecule is c1ccc(Cc2nn([BH-](n3cc(-c4ccccc4)c(Cc4ccccc4)n3)n3cc(-c4ccccc4)c(Cc4ccccc4)n3)cc2-c2ccccc2)cc1. The van der Waals surface area contributed by atoms with Crippen LogP contribution in [0.4, 0.5) is 0 Å². The lowest BCUT2D eigenvalue weighted by Gasteiger charge is -2.27. The minimum absolute atomic E-state index is 0.700. The molecule has 0 aliphatic carbocycles. The molecule has 0 saturated carbocycles. The van der Waals surface area contributed by atoms with Crippen molar-refractivity contribution in [3.8, 4) is 33.4 Å². The number of hydrogen-bond acceptors (Lipinski definition) is 3. The summed E-state index contributed by atoms with van der Waals surface area (Å²) in [6.45, 7) is 0. The van der Waals surface area contributed by atoms with Crippen LogP contribution < -0.4 is 0 Å². The highest BCUT2D eigenvalue weighted by Crippen LogP contribution is 2.30. The summed E-state index contributed by atoms with van der Waals surface area (Å²) in [5.74, 6) is 0. The molecule has 0 fully saturated rings. The molecule has 0 saturated heterocycles. The summed E-state index contributed by atoms with van der Waals surface area (Å²) in [4.78, 5) is 0. The zero-order valence-corrected chi connectivity index (χ0v) is 30.6. The first kappa shape index (κ1) is 33.8. The molecule has 9 aromatic rings. The van der Waals surface area contributed by atoms with Gasteiger partial charge in [-0.25, -0.2) is 15.3 Å². The van der Waals surface area contributed by atoms with E-state index in [-0.39, 0.29) is 0 Å². The molecule has 0 N–H and O–H groups in total. The minimum atomic E-state index is -1.78. The van der Waals surface area contributed by atoms with Crippen LogP contribution in [0.15, 0.2) is 201 Å². The van der Waals surface area contributed by atoms with E-state index in [1.54, 1.807) is 0 Å². The van der Waals surface area contributed by atoms with Crippen molar-refractivity contribution in [3.63, 3.8) is 0 Å². The van der Waals surface area contributed by atoms with Gasteiger partial charge < -0.3 is 13.8 Å². The molecule has 0 spiro atoms. The quantitative estimate of drug-likeness (QED) is 0.119. The van der Waals surface area contributed by atoms with Crippen molar-refractivity contribution in [2.75, 3.05) is 0 Å². The molecule has 0 aliphatic heterocycles. The molecule has 3 heterocycles. The Morgan fingerprint density at radius 1 is 0.309 bits per heavy atom. The number of rotatable bonds is 12. The maximum absolute atomic E-state index is 5.46. The lowest BCUT2D eigenvalue weighted by Crippen LogP contribution is -2.43. The summed E-state index contributed by atoms with van der Waals surface area (Å²) in [5.41, 5.74) is 13.3. The van der Waals surface area contributed by atoms with E-state index in [0.717, 1.165) is 50.5 Å². The second-order valence-corrected chi connectivity index (χ2v) is 14.1. The van der Waals surface area contributed by atoms with E-state index in [4.69, 9.17) is 15.3 Å². The molecule has 0 atom stereocenters. The van der Waals surface area contributed by atoms with Crippen molar-refractivity contribution in [2.24, 2.45) is 0 Å². The third-order valence-corrected chi connectivity index (χ3v) is 10.3. The fourth-order valence-corrected chi connectivity index (χ4v) is 7.60. The Labute approximate surface area is 322 Å². The largest absolute Gasteiger partial charge is 0.402 e. The molecule has 55 heavy (non-hydrogen) atoms. The first-order valence-corrected chi connectivity index (χ1v) is 18.9. The maximum Gasteiger partial charge on any atom is 0.326 e. The molecule has 3 aromatic heterocycles. The van der Waals surface area contributed by atoms with Gasteiger partial charge in [-0.3, -0.25) is 0 Å². The number of aromatic nitrogens is 6. The van der Waals surface area contributed by atoms with E-state index >= 15 is 0 Å². The molecule has 0 unspecified atom stereocenters. The first-order valence-electron chi connectivity index (χ1n) is 18.9. The van der Waals surface area contributed by atoms with E-state index in [2.05, 4.69) is 214 Å². The molecule has 7 heteroatoms. The van der Waals surface area contributed by atoms with Crippen molar-refractivity contribution >= 4 is 7.12 Å². The zero-order valence-electron chi connectivity index (χ0n) is 30.6. The predicted octanol–water partition coefficient (Wildman–Crippen LogP) is 9.71. The standard InChI is InChI=1S/C48H40BN6/c1-7-19-37(20-8-1)31-46-43(40-25-13-4-14-26-40)34-53(50-46)49(54-35-44(41-27-15-5-16-28-41)47(51-54)32-38-21-9-2-10-22-38)55-36-45(42-29-17-6-18-30-42)48(52-55)33-39-23-11-3-12-24-39/h1-30,34-36,49H,31-33H2/q-1. The van der Waals surface area contributed by atoms with Crippen molar-refractivity contribution in [1.82, 2.24) is 29.1 Å². The van der Waals surface area contributed by atoms with E-state index < -0.39 is 7.12 Å². The molecule has 0 aliphatic rings. The van der Waals surface area contributed by atoms with Crippen LogP contribution in [0, 0.1) is 0 Å². The van der Waals surface area contributed by atoms with Gasteiger partial charge in [0.05, 0.1) is 17.1 Å². The maximum atomic E-state index is 5.46. The summed E-state index contributed by atoms with van der Waals surface area (Å²) in [6, 6.07) is 63.5. The van der Waals surface area contributed by atoms with E-state index in [0.29, 0.717) is 19.3 Å². The number of nitrogens with zero attached hydrogens (tertiary/aromatic N) is 6. The highest BCUT2D eigenvalue weighted by Gasteiger charge is 2.23.